The van der Waals surface area contributed by atoms with Gasteiger partial charge in [0.1, 0.15) is 0 Å². The summed E-state index contributed by atoms with van der Waals surface area (Å²) < 4.78 is 0. The van der Waals surface area contributed by atoms with E-state index in [1.165, 1.54) is 17.8 Å². The first-order chi connectivity index (χ1) is 14.5. The van der Waals surface area contributed by atoms with Gasteiger partial charge < -0.3 is 10.0 Å². The number of aliphatic carboxylic acids is 1. The van der Waals surface area contributed by atoms with E-state index in [9.17, 15) is 24.8 Å². The van der Waals surface area contributed by atoms with Crippen LogP contribution in [0, 0.1) is 16.0 Å². The third-order valence-corrected chi connectivity index (χ3v) is 5.99. The molecule has 0 aromatic heterocycles. The molecule has 0 spiro atoms. The van der Waals surface area contributed by atoms with Gasteiger partial charge in [-0.2, -0.15) is 0 Å². The van der Waals surface area contributed by atoms with Gasteiger partial charge in [0.05, 0.1) is 16.4 Å². The number of carboxylic acids is 1. The zero-order valence-electron chi connectivity index (χ0n) is 16.3. The van der Waals surface area contributed by atoms with E-state index >= 15 is 0 Å². The van der Waals surface area contributed by atoms with E-state index in [1.807, 2.05) is 30.3 Å². The topological polar surface area (TPSA) is 101 Å². The van der Waals surface area contributed by atoms with Crippen molar-refractivity contribution in [3.05, 3.63) is 75.8 Å². The van der Waals surface area contributed by atoms with Crippen LogP contribution in [0.5, 0.6) is 0 Å². The van der Waals surface area contributed by atoms with Gasteiger partial charge in [0.2, 0.25) is 0 Å². The summed E-state index contributed by atoms with van der Waals surface area (Å²) in [4.78, 5) is 38.1. The largest absolute Gasteiger partial charge is 0.481 e. The van der Waals surface area contributed by atoms with Crippen LogP contribution in [0.25, 0.3) is 6.08 Å². The third kappa shape index (κ3) is 5.48. The van der Waals surface area contributed by atoms with Crippen molar-refractivity contribution in [3.63, 3.8) is 0 Å². The molecule has 2 aromatic rings. The van der Waals surface area contributed by atoms with Crippen LogP contribution < -0.4 is 0 Å². The summed E-state index contributed by atoms with van der Waals surface area (Å²) in [5.41, 5.74) is 0.685. The number of thioether (sulfide) groups is 1. The number of carbonyl (C=O) groups excluding carboxylic acids is 1. The lowest BCUT2D eigenvalue weighted by Gasteiger charge is -2.31. The number of carbonyl (C=O) groups is 2. The summed E-state index contributed by atoms with van der Waals surface area (Å²) in [6.45, 7) is 0.630. The molecule has 1 atom stereocenters. The number of hydrogen-bond acceptors (Lipinski definition) is 5. The normalized spacial score (nSPS) is 16.9. The lowest BCUT2D eigenvalue weighted by Crippen LogP contribution is -2.43. The van der Waals surface area contributed by atoms with Gasteiger partial charge in [0.25, 0.3) is 11.6 Å². The first-order valence-corrected chi connectivity index (χ1v) is 10.6. The molecular formula is C22H22N2O5S. The van der Waals surface area contributed by atoms with Crippen molar-refractivity contribution < 1.29 is 19.6 Å². The molecule has 8 heteroatoms. The first kappa shape index (κ1) is 21.6. The van der Waals surface area contributed by atoms with Crippen molar-refractivity contribution in [1.82, 2.24) is 4.90 Å². The Kier molecular flexibility index (Phi) is 7.24. The molecule has 156 valence electrons. The zero-order chi connectivity index (χ0) is 21.5. The minimum Gasteiger partial charge on any atom is -0.481 e. The molecule has 1 aliphatic heterocycles. The van der Waals surface area contributed by atoms with E-state index in [0.29, 0.717) is 36.3 Å². The average Bonchev–Trinajstić information content (AvgIpc) is 2.77. The van der Waals surface area contributed by atoms with Crippen LogP contribution in [0.3, 0.4) is 0 Å². The smallest absolute Gasteiger partial charge is 0.308 e. The predicted molar refractivity (Wildman–Crippen MR) is 115 cm³/mol. The van der Waals surface area contributed by atoms with Crippen molar-refractivity contribution in [1.29, 1.82) is 0 Å². The summed E-state index contributed by atoms with van der Waals surface area (Å²) in [6, 6.07) is 15.8. The molecule has 1 N–H and O–H groups in total. The molecule has 0 bridgehead atoms. The van der Waals surface area contributed by atoms with Gasteiger partial charge in [-0.05, 0) is 37.1 Å². The minimum absolute atomic E-state index is 0.0745. The van der Waals surface area contributed by atoms with Gasteiger partial charge in [-0.3, -0.25) is 19.7 Å². The van der Waals surface area contributed by atoms with E-state index in [0.717, 1.165) is 4.90 Å². The number of likely N-dealkylation sites (tertiary alicyclic amines) is 1. The predicted octanol–water partition coefficient (Wildman–Crippen LogP) is 4.09. The second kappa shape index (κ2) is 10.1. The molecule has 0 saturated carbocycles. The maximum atomic E-state index is 13.3. The quantitative estimate of drug-likeness (QED) is 0.310. The Labute approximate surface area is 178 Å². The van der Waals surface area contributed by atoms with Gasteiger partial charge in [0, 0.05) is 35.4 Å². The number of amides is 1. The Bertz CT molecular complexity index is 961. The molecule has 3 rings (SSSR count). The molecule has 1 heterocycles. The second-order valence-corrected chi connectivity index (χ2v) is 8.06. The first-order valence-electron chi connectivity index (χ1n) is 9.59. The van der Waals surface area contributed by atoms with Crippen LogP contribution >= 0.6 is 11.8 Å². The lowest BCUT2D eigenvalue weighted by molar-refractivity contribution is -0.385. The maximum absolute atomic E-state index is 13.3. The highest BCUT2D eigenvalue weighted by atomic mass is 32.2. The van der Waals surface area contributed by atoms with Crippen LogP contribution in [-0.2, 0) is 9.59 Å². The number of rotatable bonds is 7. The standard InChI is InChI=1S/C22H22N2O5S/c25-21(23-12-6-8-17(14-23)22(26)27)18(15-30-19-9-2-1-3-10-19)13-16-7-4-5-11-20(16)24(28)29/h1-5,7,9-11,13,17H,6,8,12,14-15H2,(H,26,27)/b18-13+/t17-/m1/s1. The van der Waals surface area contributed by atoms with E-state index < -0.39 is 16.8 Å². The number of hydrogen-bond donors (Lipinski definition) is 1. The molecule has 30 heavy (non-hydrogen) atoms. The Balaban J connectivity index is 1.90. The lowest BCUT2D eigenvalue weighted by atomic mass is 9.97. The number of para-hydroxylation sites is 1. The minimum atomic E-state index is -0.907. The van der Waals surface area contributed by atoms with E-state index in [4.69, 9.17) is 0 Å². The summed E-state index contributed by atoms with van der Waals surface area (Å²) in [5, 5.41) is 20.7. The number of nitro benzene ring substituents is 1. The summed E-state index contributed by atoms with van der Waals surface area (Å²) in [5.74, 6) is -1.45. The van der Waals surface area contributed by atoms with E-state index in [2.05, 4.69) is 0 Å². The summed E-state index contributed by atoms with van der Waals surface area (Å²) in [6.07, 6.45) is 2.72. The van der Waals surface area contributed by atoms with Crippen LogP contribution in [0.1, 0.15) is 18.4 Å². The molecular weight excluding hydrogens is 404 g/mol. The van der Waals surface area contributed by atoms with Crippen molar-refractivity contribution in [2.75, 3.05) is 18.8 Å². The molecule has 0 unspecified atom stereocenters. The van der Waals surface area contributed by atoms with E-state index in [-0.39, 0.29) is 18.1 Å². The Morgan fingerprint density at radius 1 is 1.17 bits per heavy atom. The molecule has 1 aliphatic rings. The second-order valence-electron chi connectivity index (χ2n) is 7.02. The number of nitro groups is 1. The van der Waals surface area contributed by atoms with Crippen molar-refractivity contribution in [2.45, 2.75) is 17.7 Å². The highest BCUT2D eigenvalue weighted by molar-refractivity contribution is 7.99. The highest BCUT2D eigenvalue weighted by Gasteiger charge is 2.29. The Morgan fingerprint density at radius 2 is 1.87 bits per heavy atom. The fourth-order valence-corrected chi connectivity index (χ4v) is 4.25. The molecule has 0 aliphatic carbocycles. The monoisotopic (exact) mass is 426 g/mol. The third-order valence-electron chi connectivity index (χ3n) is 4.93. The Morgan fingerprint density at radius 3 is 2.57 bits per heavy atom. The molecule has 7 nitrogen and oxygen atoms in total. The fourth-order valence-electron chi connectivity index (χ4n) is 3.37. The molecule has 1 amide bonds. The van der Waals surface area contributed by atoms with Crippen LogP contribution in [0.4, 0.5) is 5.69 Å². The summed E-state index contributed by atoms with van der Waals surface area (Å²) in [7, 11) is 0. The number of carboxylic acid groups (broad SMARTS) is 1. The van der Waals surface area contributed by atoms with Crippen molar-refractivity contribution in [3.8, 4) is 0 Å². The van der Waals surface area contributed by atoms with E-state index in [1.54, 1.807) is 29.2 Å². The van der Waals surface area contributed by atoms with Gasteiger partial charge in [-0.15, -0.1) is 11.8 Å². The van der Waals surface area contributed by atoms with Crippen LogP contribution in [-0.4, -0.2) is 45.6 Å². The maximum Gasteiger partial charge on any atom is 0.308 e. The van der Waals surface area contributed by atoms with Gasteiger partial charge >= 0.3 is 5.97 Å². The fraction of sp³-hybridized carbons (Fsp3) is 0.273. The van der Waals surface area contributed by atoms with Gasteiger partial charge in [0.15, 0.2) is 0 Å². The number of piperidine rings is 1. The molecule has 0 radical (unpaired) electrons. The molecule has 2 aromatic carbocycles. The number of nitrogens with zero attached hydrogens (tertiary/aromatic N) is 2. The molecule has 1 saturated heterocycles. The average molecular weight is 426 g/mol. The summed E-state index contributed by atoms with van der Waals surface area (Å²) >= 11 is 1.46. The zero-order valence-corrected chi connectivity index (χ0v) is 17.1. The SMILES string of the molecule is O=C(O)[C@@H]1CCCN(C(=O)/C(=C/c2ccccc2[N+](=O)[O-])CSc2ccccc2)C1. The highest BCUT2D eigenvalue weighted by Crippen LogP contribution is 2.27. The Hall–Kier alpha value is -3.13. The van der Waals surface area contributed by atoms with Crippen molar-refractivity contribution >= 4 is 35.4 Å². The van der Waals surface area contributed by atoms with Crippen LogP contribution in [0.2, 0.25) is 0 Å². The van der Waals surface area contributed by atoms with Crippen LogP contribution in [0.15, 0.2) is 65.1 Å². The van der Waals surface area contributed by atoms with Crippen molar-refractivity contribution in [2.24, 2.45) is 5.92 Å². The molecule has 1 fully saturated rings. The van der Waals surface area contributed by atoms with Gasteiger partial charge in [-0.25, -0.2) is 0 Å². The van der Waals surface area contributed by atoms with Gasteiger partial charge in [-0.1, -0.05) is 30.3 Å². The number of benzene rings is 2.